The molecule has 1 atom stereocenters. The van der Waals surface area contributed by atoms with E-state index in [0.29, 0.717) is 19.5 Å². The molecule has 7 nitrogen and oxygen atoms in total. The van der Waals surface area contributed by atoms with Crippen LogP contribution in [0, 0.1) is 0 Å². The van der Waals surface area contributed by atoms with Crippen LogP contribution >= 0.6 is 0 Å². The average molecular weight is 347 g/mol. The maximum atomic E-state index is 11.7. The number of nitrogens with one attached hydrogen (secondary N) is 1. The SMILES string of the molecule is CCN(c1cc(NCc2ccncc2)ncn1)C1CCS(=O)(=O)C1. The predicted octanol–water partition coefficient (Wildman–Crippen LogP) is 1.50. The van der Waals surface area contributed by atoms with E-state index >= 15 is 0 Å². The van der Waals surface area contributed by atoms with E-state index in [4.69, 9.17) is 0 Å². The quantitative estimate of drug-likeness (QED) is 0.847. The van der Waals surface area contributed by atoms with E-state index in [-0.39, 0.29) is 17.5 Å². The topological polar surface area (TPSA) is 88.1 Å². The van der Waals surface area contributed by atoms with Crippen molar-refractivity contribution in [1.29, 1.82) is 0 Å². The minimum Gasteiger partial charge on any atom is -0.366 e. The molecule has 1 fully saturated rings. The van der Waals surface area contributed by atoms with Gasteiger partial charge in [0, 0.05) is 37.6 Å². The van der Waals surface area contributed by atoms with Gasteiger partial charge in [-0.1, -0.05) is 0 Å². The molecule has 0 aromatic carbocycles. The Hall–Kier alpha value is -2.22. The third-order valence-electron chi connectivity index (χ3n) is 4.16. The van der Waals surface area contributed by atoms with Crippen LogP contribution in [-0.4, -0.2) is 47.5 Å². The van der Waals surface area contributed by atoms with Crippen molar-refractivity contribution in [2.24, 2.45) is 0 Å². The summed E-state index contributed by atoms with van der Waals surface area (Å²) < 4.78 is 23.5. The molecule has 0 radical (unpaired) electrons. The molecule has 24 heavy (non-hydrogen) atoms. The second-order valence-electron chi connectivity index (χ2n) is 5.81. The molecule has 3 heterocycles. The van der Waals surface area contributed by atoms with Gasteiger partial charge in [-0.2, -0.15) is 0 Å². The van der Waals surface area contributed by atoms with Crippen LogP contribution in [0.3, 0.4) is 0 Å². The molecular weight excluding hydrogens is 326 g/mol. The fourth-order valence-electron chi connectivity index (χ4n) is 2.92. The van der Waals surface area contributed by atoms with Crippen LogP contribution in [0.2, 0.25) is 0 Å². The molecule has 0 spiro atoms. The van der Waals surface area contributed by atoms with Crippen molar-refractivity contribution in [2.45, 2.75) is 25.9 Å². The van der Waals surface area contributed by atoms with E-state index in [1.807, 2.05) is 30.0 Å². The molecule has 1 unspecified atom stereocenters. The van der Waals surface area contributed by atoms with Crippen LogP contribution in [0.15, 0.2) is 36.9 Å². The van der Waals surface area contributed by atoms with Gasteiger partial charge in [0.15, 0.2) is 9.84 Å². The molecule has 0 amide bonds. The molecular formula is C16H21N5O2S. The number of rotatable bonds is 6. The second kappa shape index (κ2) is 7.12. The molecule has 128 valence electrons. The van der Waals surface area contributed by atoms with Gasteiger partial charge in [0.2, 0.25) is 0 Å². The smallest absolute Gasteiger partial charge is 0.152 e. The summed E-state index contributed by atoms with van der Waals surface area (Å²) in [5.74, 6) is 1.93. The van der Waals surface area contributed by atoms with Gasteiger partial charge < -0.3 is 10.2 Å². The minimum absolute atomic E-state index is 0.0112. The summed E-state index contributed by atoms with van der Waals surface area (Å²) in [6.45, 7) is 3.36. The van der Waals surface area contributed by atoms with Crippen LogP contribution < -0.4 is 10.2 Å². The van der Waals surface area contributed by atoms with Crippen LogP contribution in [-0.2, 0) is 16.4 Å². The largest absolute Gasteiger partial charge is 0.366 e. The van der Waals surface area contributed by atoms with Crippen LogP contribution in [0.4, 0.5) is 11.6 Å². The van der Waals surface area contributed by atoms with Crippen molar-refractivity contribution in [2.75, 3.05) is 28.3 Å². The Morgan fingerprint density at radius 1 is 1.29 bits per heavy atom. The highest BCUT2D eigenvalue weighted by Crippen LogP contribution is 2.23. The first-order valence-electron chi connectivity index (χ1n) is 7.99. The summed E-state index contributed by atoms with van der Waals surface area (Å²) in [7, 11) is -2.92. The maximum absolute atomic E-state index is 11.7. The Bertz CT molecular complexity index is 782. The number of anilines is 2. The molecule has 2 aromatic rings. The van der Waals surface area contributed by atoms with E-state index in [1.54, 1.807) is 12.4 Å². The zero-order chi connectivity index (χ0) is 17.0. The van der Waals surface area contributed by atoms with E-state index < -0.39 is 9.84 Å². The molecule has 1 saturated heterocycles. The maximum Gasteiger partial charge on any atom is 0.152 e. The van der Waals surface area contributed by atoms with Gasteiger partial charge in [0.1, 0.15) is 18.0 Å². The molecule has 1 N–H and O–H groups in total. The van der Waals surface area contributed by atoms with Crippen molar-refractivity contribution < 1.29 is 8.42 Å². The lowest BCUT2D eigenvalue weighted by molar-refractivity contribution is 0.599. The first-order chi connectivity index (χ1) is 11.6. The van der Waals surface area contributed by atoms with Crippen molar-refractivity contribution in [3.63, 3.8) is 0 Å². The van der Waals surface area contributed by atoms with Gasteiger partial charge in [-0.3, -0.25) is 4.98 Å². The minimum atomic E-state index is -2.92. The number of hydrogen-bond acceptors (Lipinski definition) is 7. The summed E-state index contributed by atoms with van der Waals surface area (Å²) in [5.41, 5.74) is 1.11. The average Bonchev–Trinajstić information content (AvgIpc) is 2.95. The highest BCUT2D eigenvalue weighted by molar-refractivity contribution is 7.91. The molecule has 3 rings (SSSR count). The monoisotopic (exact) mass is 347 g/mol. The van der Waals surface area contributed by atoms with Gasteiger partial charge in [0.25, 0.3) is 0 Å². The van der Waals surface area contributed by atoms with E-state index in [1.165, 1.54) is 6.33 Å². The molecule has 0 bridgehead atoms. The first-order valence-corrected chi connectivity index (χ1v) is 9.81. The van der Waals surface area contributed by atoms with Crippen molar-refractivity contribution >= 4 is 21.5 Å². The lowest BCUT2D eigenvalue weighted by Crippen LogP contribution is -2.36. The number of hydrogen-bond donors (Lipinski definition) is 1. The zero-order valence-electron chi connectivity index (χ0n) is 13.6. The Labute approximate surface area is 142 Å². The van der Waals surface area contributed by atoms with E-state index in [0.717, 1.165) is 17.2 Å². The predicted molar refractivity (Wildman–Crippen MR) is 93.7 cm³/mol. The third-order valence-corrected chi connectivity index (χ3v) is 5.91. The van der Waals surface area contributed by atoms with Gasteiger partial charge in [0.05, 0.1) is 11.5 Å². The lowest BCUT2D eigenvalue weighted by Gasteiger charge is -2.28. The normalized spacial score (nSPS) is 19.1. The molecule has 8 heteroatoms. The lowest BCUT2D eigenvalue weighted by atomic mass is 10.2. The summed E-state index contributed by atoms with van der Waals surface area (Å²) in [6.07, 6.45) is 5.67. The first kappa shape index (κ1) is 16.6. The van der Waals surface area contributed by atoms with Crippen LogP contribution in [0.5, 0.6) is 0 Å². The fourth-order valence-corrected chi connectivity index (χ4v) is 4.65. The Morgan fingerprint density at radius 2 is 2.08 bits per heavy atom. The van der Waals surface area contributed by atoms with E-state index in [2.05, 4.69) is 20.3 Å². The summed E-state index contributed by atoms with van der Waals surface area (Å²) in [5, 5.41) is 3.26. The molecule has 1 aliphatic rings. The van der Waals surface area contributed by atoms with Crippen molar-refractivity contribution in [1.82, 2.24) is 15.0 Å². The number of aromatic nitrogens is 3. The number of nitrogens with zero attached hydrogens (tertiary/aromatic N) is 4. The fraction of sp³-hybridized carbons (Fsp3) is 0.438. The highest BCUT2D eigenvalue weighted by atomic mass is 32.2. The van der Waals surface area contributed by atoms with Gasteiger partial charge >= 0.3 is 0 Å². The van der Waals surface area contributed by atoms with Crippen molar-refractivity contribution in [3.05, 3.63) is 42.5 Å². The van der Waals surface area contributed by atoms with Gasteiger partial charge in [-0.15, -0.1) is 0 Å². The molecule has 0 saturated carbocycles. The van der Waals surface area contributed by atoms with Gasteiger partial charge in [-0.05, 0) is 31.0 Å². The Kier molecular flexibility index (Phi) is 4.94. The highest BCUT2D eigenvalue weighted by Gasteiger charge is 2.32. The summed E-state index contributed by atoms with van der Waals surface area (Å²) in [6, 6.07) is 5.74. The van der Waals surface area contributed by atoms with Crippen LogP contribution in [0.25, 0.3) is 0 Å². The number of pyridine rings is 1. The second-order valence-corrected chi connectivity index (χ2v) is 8.04. The van der Waals surface area contributed by atoms with Gasteiger partial charge in [-0.25, -0.2) is 18.4 Å². The standard InChI is InChI=1S/C16H21N5O2S/c1-2-21(14-5-8-24(22,23)11-14)16-9-15(19-12-20-16)18-10-13-3-6-17-7-4-13/h3-4,6-7,9,12,14H,2,5,8,10-11H2,1H3,(H,18,19,20). The van der Waals surface area contributed by atoms with Crippen molar-refractivity contribution in [3.8, 4) is 0 Å². The summed E-state index contributed by atoms with van der Waals surface area (Å²) >= 11 is 0. The Balaban J connectivity index is 1.71. The Morgan fingerprint density at radius 3 is 2.75 bits per heavy atom. The number of sulfone groups is 1. The van der Waals surface area contributed by atoms with Crippen LogP contribution in [0.1, 0.15) is 18.9 Å². The molecule has 0 aliphatic carbocycles. The molecule has 2 aromatic heterocycles. The van der Waals surface area contributed by atoms with E-state index in [9.17, 15) is 8.42 Å². The zero-order valence-corrected chi connectivity index (χ0v) is 14.4. The third kappa shape index (κ3) is 4.00. The molecule has 1 aliphatic heterocycles. The summed E-state index contributed by atoms with van der Waals surface area (Å²) in [4.78, 5) is 14.6.